The highest BCUT2D eigenvalue weighted by Gasteiger charge is 2.36. The molecular formula is C8H9F3N2O. The van der Waals surface area contributed by atoms with Crippen LogP contribution in [0.1, 0.15) is 35.9 Å². The van der Waals surface area contributed by atoms with E-state index >= 15 is 0 Å². The number of nitrogens with zero attached hydrogens (tertiary/aromatic N) is 2. The van der Waals surface area contributed by atoms with Crippen LogP contribution >= 0.6 is 0 Å². The Morgan fingerprint density at radius 2 is 2.07 bits per heavy atom. The first-order valence-corrected chi connectivity index (χ1v) is 3.97. The molecule has 0 saturated carbocycles. The van der Waals surface area contributed by atoms with Crippen LogP contribution in [0.2, 0.25) is 0 Å². The summed E-state index contributed by atoms with van der Waals surface area (Å²) in [6.07, 6.45) is -3.68. The van der Waals surface area contributed by atoms with Gasteiger partial charge in [-0.05, 0) is 13.8 Å². The number of carbonyl (C=O) groups is 1. The molecular weight excluding hydrogens is 197 g/mol. The summed E-state index contributed by atoms with van der Waals surface area (Å²) in [4.78, 5) is 10.5. The lowest BCUT2D eigenvalue weighted by atomic mass is 10.2. The molecule has 1 aromatic rings. The van der Waals surface area contributed by atoms with Gasteiger partial charge in [-0.3, -0.25) is 9.48 Å². The SMILES string of the molecule is CC(C)n1ncc(C(F)(F)F)c1C=O. The first-order valence-electron chi connectivity index (χ1n) is 3.97. The van der Waals surface area contributed by atoms with Crippen LogP contribution in [0, 0.1) is 0 Å². The Hall–Kier alpha value is -1.33. The smallest absolute Gasteiger partial charge is 0.296 e. The molecule has 14 heavy (non-hydrogen) atoms. The Bertz CT molecular complexity index is 341. The fraction of sp³-hybridized carbons (Fsp3) is 0.500. The summed E-state index contributed by atoms with van der Waals surface area (Å²) in [5, 5.41) is 3.52. The molecule has 0 fully saturated rings. The van der Waals surface area contributed by atoms with Crippen LogP contribution < -0.4 is 0 Å². The Morgan fingerprint density at radius 3 is 2.43 bits per heavy atom. The molecule has 0 unspecified atom stereocenters. The van der Waals surface area contributed by atoms with Crippen LogP contribution in [0.25, 0.3) is 0 Å². The van der Waals surface area contributed by atoms with Crippen molar-refractivity contribution in [1.82, 2.24) is 9.78 Å². The third-order valence-electron chi connectivity index (χ3n) is 1.74. The second kappa shape index (κ2) is 3.43. The summed E-state index contributed by atoms with van der Waals surface area (Å²) in [7, 11) is 0. The summed E-state index contributed by atoms with van der Waals surface area (Å²) >= 11 is 0. The monoisotopic (exact) mass is 206 g/mol. The van der Waals surface area contributed by atoms with E-state index in [4.69, 9.17) is 0 Å². The Kier molecular flexibility index (Phi) is 2.64. The van der Waals surface area contributed by atoms with Gasteiger partial charge in [0.1, 0.15) is 11.3 Å². The van der Waals surface area contributed by atoms with E-state index in [0.29, 0.717) is 6.20 Å². The largest absolute Gasteiger partial charge is 0.420 e. The van der Waals surface area contributed by atoms with E-state index in [1.54, 1.807) is 13.8 Å². The number of carbonyl (C=O) groups excluding carboxylic acids is 1. The molecule has 1 aromatic heterocycles. The molecule has 0 aliphatic heterocycles. The third kappa shape index (κ3) is 1.78. The summed E-state index contributed by atoms with van der Waals surface area (Å²) in [6, 6.07) is -0.272. The normalized spacial score (nSPS) is 12.1. The Balaban J connectivity index is 3.28. The van der Waals surface area contributed by atoms with Crippen molar-refractivity contribution in [2.24, 2.45) is 0 Å². The predicted molar refractivity (Wildman–Crippen MR) is 43.0 cm³/mol. The van der Waals surface area contributed by atoms with Gasteiger partial charge < -0.3 is 0 Å². The lowest BCUT2D eigenvalue weighted by Crippen LogP contribution is -2.12. The zero-order chi connectivity index (χ0) is 10.9. The minimum absolute atomic E-state index is 0.176. The van der Waals surface area contributed by atoms with E-state index in [1.807, 2.05) is 0 Å². The van der Waals surface area contributed by atoms with Crippen LogP contribution in [0.4, 0.5) is 13.2 Å². The lowest BCUT2D eigenvalue weighted by Gasteiger charge is -2.09. The van der Waals surface area contributed by atoms with Gasteiger partial charge in [0.25, 0.3) is 0 Å². The van der Waals surface area contributed by atoms with Crippen molar-refractivity contribution >= 4 is 6.29 Å². The van der Waals surface area contributed by atoms with Gasteiger partial charge in [0, 0.05) is 6.04 Å². The van der Waals surface area contributed by atoms with Crippen molar-refractivity contribution in [1.29, 1.82) is 0 Å². The first-order chi connectivity index (χ1) is 6.38. The molecule has 0 saturated heterocycles. The summed E-state index contributed by atoms with van der Waals surface area (Å²) in [5.41, 5.74) is -1.41. The van der Waals surface area contributed by atoms with E-state index in [0.717, 1.165) is 4.68 Å². The quantitative estimate of drug-likeness (QED) is 0.696. The molecule has 78 valence electrons. The molecule has 0 aromatic carbocycles. The summed E-state index contributed by atoms with van der Waals surface area (Å²) in [5.74, 6) is 0. The van der Waals surface area contributed by atoms with Crippen molar-refractivity contribution in [3.05, 3.63) is 17.5 Å². The second-order valence-corrected chi connectivity index (χ2v) is 3.10. The standard InChI is InChI=1S/C8H9F3N2O/c1-5(2)13-7(4-14)6(3-12-13)8(9,10)11/h3-5H,1-2H3. The molecule has 1 heterocycles. The van der Waals surface area contributed by atoms with Crippen molar-refractivity contribution in [3.63, 3.8) is 0 Å². The molecule has 0 bridgehead atoms. The van der Waals surface area contributed by atoms with Gasteiger partial charge in [-0.15, -0.1) is 0 Å². The molecule has 3 nitrogen and oxygen atoms in total. The van der Waals surface area contributed by atoms with E-state index in [1.165, 1.54) is 0 Å². The van der Waals surface area contributed by atoms with E-state index < -0.39 is 17.4 Å². The minimum Gasteiger partial charge on any atom is -0.296 e. The average Bonchev–Trinajstić information content (AvgIpc) is 2.45. The highest BCUT2D eigenvalue weighted by Crippen LogP contribution is 2.31. The third-order valence-corrected chi connectivity index (χ3v) is 1.74. The molecule has 0 radical (unpaired) electrons. The molecule has 0 amide bonds. The van der Waals surface area contributed by atoms with Crippen molar-refractivity contribution < 1.29 is 18.0 Å². The minimum atomic E-state index is -4.52. The number of alkyl halides is 3. The molecule has 0 spiro atoms. The molecule has 0 aliphatic carbocycles. The molecule has 0 aliphatic rings. The van der Waals surface area contributed by atoms with Crippen LogP contribution in [0.15, 0.2) is 6.20 Å². The highest BCUT2D eigenvalue weighted by molar-refractivity contribution is 5.74. The van der Waals surface area contributed by atoms with Crippen LogP contribution in [-0.4, -0.2) is 16.1 Å². The van der Waals surface area contributed by atoms with Crippen LogP contribution in [-0.2, 0) is 6.18 Å². The fourth-order valence-electron chi connectivity index (χ4n) is 1.12. The molecule has 1 rings (SSSR count). The van der Waals surface area contributed by atoms with Gasteiger partial charge in [0.05, 0.1) is 6.20 Å². The van der Waals surface area contributed by atoms with E-state index in [9.17, 15) is 18.0 Å². The molecule has 6 heteroatoms. The fourth-order valence-corrected chi connectivity index (χ4v) is 1.12. The van der Waals surface area contributed by atoms with Crippen molar-refractivity contribution in [2.75, 3.05) is 0 Å². The van der Waals surface area contributed by atoms with E-state index in [-0.39, 0.29) is 12.3 Å². The number of halogens is 3. The number of rotatable bonds is 2. The topological polar surface area (TPSA) is 34.9 Å². The van der Waals surface area contributed by atoms with Gasteiger partial charge in [0.15, 0.2) is 6.29 Å². The maximum absolute atomic E-state index is 12.3. The van der Waals surface area contributed by atoms with E-state index in [2.05, 4.69) is 5.10 Å². The zero-order valence-electron chi connectivity index (χ0n) is 7.67. The highest BCUT2D eigenvalue weighted by atomic mass is 19.4. The van der Waals surface area contributed by atoms with Crippen molar-refractivity contribution in [2.45, 2.75) is 26.1 Å². The van der Waals surface area contributed by atoms with Gasteiger partial charge in [-0.2, -0.15) is 18.3 Å². The zero-order valence-corrected chi connectivity index (χ0v) is 7.67. The van der Waals surface area contributed by atoms with Crippen LogP contribution in [0.3, 0.4) is 0 Å². The Morgan fingerprint density at radius 1 is 1.50 bits per heavy atom. The maximum Gasteiger partial charge on any atom is 0.420 e. The summed E-state index contributed by atoms with van der Waals surface area (Å²) in [6.45, 7) is 3.31. The summed E-state index contributed by atoms with van der Waals surface area (Å²) < 4.78 is 38.0. The number of hydrogen-bond acceptors (Lipinski definition) is 2. The number of hydrogen-bond donors (Lipinski definition) is 0. The number of aldehydes is 1. The molecule has 0 atom stereocenters. The average molecular weight is 206 g/mol. The Labute approximate surface area is 78.5 Å². The van der Waals surface area contributed by atoms with Gasteiger partial charge in [-0.1, -0.05) is 0 Å². The molecule has 0 N–H and O–H groups in total. The predicted octanol–water partition coefficient (Wildman–Crippen LogP) is 2.30. The number of aromatic nitrogens is 2. The lowest BCUT2D eigenvalue weighted by molar-refractivity contribution is -0.137. The van der Waals surface area contributed by atoms with Gasteiger partial charge in [-0.25, -0.2) is 0 Å². The second-order valence-electron chi connectivity index (χ2n) is 3.10. The first kappa shape index (κ1) is 10.7. The van der Waals surface area contributed by atoms with Gasteiger partial charge in [0.2, 0.25) is 0 Å². The maximum atomic E-state index is 12.3. The van der Waals surface area contributed by atoms with Gasteiger partial charge >= 0.3 is 6.18 Å². The van der Waals surface area contributed by atoms with Crippen LogP contribution in [0.5, 0.6) is 0 Å². The van der Waals surface area contributed by atoms with Crippen molar-refractivity contribution in [3.8, 4) is 0 Å².